The molecule has 2 rings (SSSR count). The van der Waals surface area contributed by atoms with Crippen molar-refractivity contribution in [2.75, 3.05) is 0 Å². The molecule has 0 amide bonds. The van der Waals surface area contributed by atoms with E-state index in [9.17, 15) is 0 Å². The van der Waals surface area contributed by atoms with Crippen LogP contribution >= 0.6 is 11.6 Å². The van der Waals surface area contributed by atoms with Gasteiger partial charge < -0.3 is 0 Å². The molecule has 0 radical (unpaired) electrons. The van der Waals surface area contributed by atoms with Crippen LogP contribution in [0.25, 0.3) is 5.52 Å². The normalized spacial score (nSPS) is 11.5. The SMILES string of the molecule is Cc1nc(C(C)C)n2ccnc(Cl)c12. The molecule has 0 fully saturated rings. The molecule has 0 N–H and O–H groups in total. The van der Waals surface area contributed by atoms with Crippen LogP contribution in [0.4, 0.5) is 0 Å². The minimum atomic E-state index is 0.384. The molecular formula is C10H12ClN3. The maximum atomic E-state index is 6.01. The number of aryl methyl sites for hydroxylation is 1. The topological polar surface area (TPSA) is 30.2 Å². The van der Waals surface area contributed by atoms with E-state index in [1.807, 2.05) is 17.5 Å². The monoisotopic (exact) mass is 209 g/mol. The third-order valence-corrected chi connectivity index (χ3v) is 2.50. The summed E-state index contributed by atoms with van der Waals surface area (Å²) in [5, 5.41) is 0.518. The summed E-state index contributed by atoms with van der Waals surface area (Å²) in [5.41, 5.74) is 1.85. The molecule has 0 saturated carbocycles. The number of hydrogen-bond acceptors (Lipinski definition) is 2. The van der Waals surface area contributed by atoms with Gasteiger partial charge in [0.15, 0.2) is 5.15 Å². The van der Waals surface area contributed by atoms with Gasteiger partial charge in [-0.15, -0.1) is 0 Å². The molecule has 2 aromatic heterocycles. The molecule has 0 aliphatic rings. The van der Waals surface area contributed by atoms with Gasteiger partial charge in [-0.3, -0.25) is 4.40 Å². The maximum absolute atomic E-state index is 6.01. The van der Waals surface area contributed by atoms with Crippen molar-refractivity contribution in [3.8, 4) is 0 Å². The summed E-state index contributed by atoms with van der Waals surface area (Å²) in [4.78, 5) is 8.53. The van der Waals surface area contributed by atoms with Crippen LogP contribution in [0, 0.1) is 6.92 Å². The number of imidazole rings is 1. The van der Waals surface area contributed by atoms with Crippen molar-refractivity contribution < 1.29 is 0 Å². The fourth-order valence-electron chi connectivity index (χ4n) is 1.60. The fourth-order valence-corrected chi connectivity index (χ4v) is 1.89. The Morgan fingerprint density at radius 2 is 2.14 bits per heavy atom. The van der Waals surface area contributed by atoms with E-state index in [-0.39, 0.29) is 0 Å². The highest BCUT2D eigenvalue weighted by atomic mass is 35.5. The Morgan fingerprint density at radius 3 is 2.79 bits per heavy atom. The molecule has 74 valence electrons. The smallest absolute Gasteiger partial charge is 0.154 e. The summed E-state index contributed by atoms with van der Waals surface area (Å²) in [5.74, 6) is 1.41. The summed E-state index contributed by atoms with van der Waals surface area (Å²) >= 11 is 6.01. The quantitative estimate of drug-likeness (QED) is 0.723. The highest BCUT2D eigenvalue weighted by Crippen LogP contribution is 2.23. The second-order valence-electron chi connectivity index (χ2n) is 3.65. The van der Waals surface area contributed by atoms with E-state index >= 15 is 0 Å². The average molecular weight is 210 g/mol. The maximum Gasteiger partial charge on any atom is 0.154 e. The van der Waals surface area contributed by atoms with Crippen molar-refractivity contribution in [3.05, 3.63) is 29.1 Å². The largest absolute Gasteiger partial charge is 0.299 e. The molecule has 2 aromatic rings. The predicted molar refractivity (Wildman–Crippen MR) is 56.8 cm³/mol. The summed E-state index contributed by atoms with van der Waals surface area (Å²) in [7, 11) is 0. The Bertz CT molecular complexity index is 473. The lowest BCUT2D eigenvalue weighted by molar-refractivity contribution is 0.767. The lowest BCUT2D eigenvalue weighted by Gasteiger charge is -2.03. The molecule has 0 aliphatic carbocycles. The molecule has 0 aliphatic heterocycles. The third-order valence-electron chi connectivity index (χ3n) is 2.23. The molecule has 0 spiro atoms. The van der Waals surface area contributed by atoms with Crippen LogP contribution in [0.15, 0.2) is 12.4 Å². The van der Waals surface area contributed by atoms with Crippen LogP contribution in [0.5, 0.6) is 0 Å². The van der Waals surface area contributed by atoms with Crippen LogP contribution in [0.1, 0.15) is 31.3 Å². The molecule has 0 unspecified atom stereocenters. The van der Waals surface area contributed by atoms with Crippen LogP contribution in [-0.4, -0.2) is 14.4 Å². The number of rotatable bonds is 1. The van der Waals surface area contributed by atoms with E-state index in [0.29, 0.717) is 11.1 Å². The van der Waals surface area contributed by atoms with Crippen molar-refractivity contribution in [1.82, 2.24) is 14.4 Å². The summed E-state index contributed by atoms with van der Waals surface area (Å²) in [6.07, 6.45) is 3.60. The third kappa shape index (κ3) is 1.28. The molecule has 0 aromatic carbocycles. The highest BCUT2D eigenvalue weighted by molar-refractivity contribution is 6.32. The highest BCUT2D eigenvalue weighted by Gasteiger charge is 2.13. The van der Waals surface area contributed by atoms with E-state index in [1.54, 1.807) is 6.20 Å². The van der Waals surface area contributed by atoms with Gasteiger partial charge in [0, 0.05) is 18.3 Å². The van der Waals surface area contributed by atoms with Gasteiger partial charge in [0.25, 0.3) is 0 Å². The van der Waals surface area contributed by atoms with Gasteiger partial charge in [-0.05, 0) is 6.92 Å². The summed E-state index contributed by atoms with van der Waals surface area (Å²) < 4.78 is 2.01. The fraction of sp³-hybridized carbons (Fsp3) is 0.400. The second kappa shape index (κ2) is 3.24. The second-order valence-corrected chi connectivity index (χ2v) is 4.00. The number of hydrogen-bond donors (Lipinski definition) is 0. The van der Waals surface area contributed by atoms with Crippen LogP contribution in [-0.2, 0) is 0 Å². The Kier molecular flexibility index (Phi) is 2.19. The van der Waals surface area contributed by atoms with E-state index in [1.165, 1.54) is 0 Å². The summed E-state index contributed by atoms with van der Waals surface area (Å²) in [6, 6.07) is 0. The molecule has 2 heterocycles. The zero-order valence-corrected chi connectivity index (χ0v) is 9.21. The first-order valence-electron chi connectivity index (χ1n) is 4.60. The van der Waals surface area contributed by atoms with Gasteiger partial charge in [0.2, 0.25) is 0 Å². The van der Waals surface area contributed by atoms with Gasteiger partial charge in [-0.1, -0.05) is 25.4 Å². The standard InChI is InChI=1S/C10H12ClN3/c1-6(2)10-13-7(3)8-9(11)12-4-5-14(8)10/h4-6H,1-3H3. The summed E-state index contributed by atoms with van der Waals surface area (Å²) in [6.45, 7) is 6.18. The van der Waals surface area contributed by atoms with E-state index in [0.717, 1.165) is 17.0 Å². The Balaban J connectivity index is 2.84. The Morgan fingerprint density at radius 1 is 1.43 bits per heavy atom. The average Bonchev–Trinajstić information content (AvgIpc) is 2.45. The van der Waals surface area contributed by atoms with Crippen molar-refractivity contribution >= 4 is 17.1 Å². The number of nitrogens with zero attached hydrogens (tertiary/aromatic N) is 3. The molecule has 3 nitrogen and oxygen atoms in total. The Labute approximate surface area is 87.8 Å². The first-order chi connectivity index (χ1) is 6.61. The van der Waals surface area contributed by atoms with Crippen LogP contribution in [0.3, 0.4) is 0 Å². The number of fused-ring (bicyclic) bond motifs is 1. The van der Waals surface area contributed by atoms with E-state index in [2.05, 4.69) is 23.8 Å². The minimum Gasteiger partial charge on any atom is -0.299 e. The molecule has 14 heavy (non-hydrogen) atoms. The molecule has 0 bridgehead atoms. The minimum absolute atomic E-state index is 0.384. The van der Waals surface area contributed by atoms with Crippen LogP contribution in [0.2, 0.25) is 5.15 Å². The zero-order chi connectivity index (χ0) is 10.3. The first-order valence-corrected chi connectivity index (χ1v) is 4.98. The molecular weight excluding hydrogens is 198 g/mol. The number of halogens is 1. The molecule has 4 heteroatoms. The van der Waals surface area contributed by atoms with E-state index in [4.69, 9.17) is 11.6 Å². The van der Waals surface area contributed by atoms with E-state index < -0.39 is 0 Å². The van der Waals surface area contributed by atoms with Gasteiger partial charge in [0.05, 0.1) is 5.69 Å². The van der Waals surface area contributed by atoms with Gasteiger partial charge >= 0.3 is 0 Å². The lowest BCUT2D eigenvalue weighted by atomic mass is 10.2. The van der Waals surface area contributed by atoms with Crippen molar-refractivity contribution in [1.29, 1.82) is 0 Å². The van der Waals surface area contributed by atoms with Crippen molar-refractivity contribution in [3.63, 3.8) is 0 Å². The molecule has 0 atom stereocenters. The van der Waals surface area contributed by atoms with Gasteiger partial charge in [0.1, 0.15) is 11.3 Å². The zero-order valence-electron chi connectivity index (χ0n) is 8.45. The Hall–Kier alpha value is -1.09. The van der Waals surface area contributed by atoms with Crippen LogP contribution < -0.4 is 0 Å². The lowest BCUT2D eigenvalue weighted by Crippen LogP contribution is -1.96. The molecule has 0 saturated heterocycles. The first kappa shape index (κ1) is 9.46. The van der Waals surface area contributed by atoms with Gasteiger partial charge in [-0.2, -0.15) is 0 Å². The number of aromatic nitrogens is 3. The van der Waals surface area contributed by atoms with Crippen molar-refractivity contribution in [2.24, 2.45) is 0 Å². The predicted octanol–water partition coefficient (Wildman–Crippen LogP) is 2.81. The van der Waals surface area contributed by atoms with Crippen molar-refractivity contribution in [2.45, 2.75) is 26.7 Å². The van der Waals surface area contributed by atoms with Gasteiger partial charge in [-0.25, -0.2) is 9.97 Å².